The van der Waals surface area contributed by atoms with Crippen molar-refractivity contribution in [1.29, 1.82) is 0 Å². The van der Waals surface area contributed by atoms with Gasteiger partial charge < -0.3 is 15.4 Å². The molecular weight excluding hydrogens is 469 g/mol. The van der Waals surface area contributed by atoms with E-state index < -0.39 is 0 Å². The average Bonchev–Trinajstić information content (AvgIpc) is 2.45. The highest BCUT2D eigenvalue weighted by atomic mass is 127. The molecular formula is C17H27BrIN3O. The zero-order valence-electron chi connectivity index (χ0n) is 14.1. The largest absolute Gasteiger partial charge is 0.383 e. The lowest BCUT2D eigenvalue weighted by atomic mass is 9.64. The van der Waals surface area contributed by atoms with Gasteiger partial charge in [-0.1, -0.05) is 34.5 Å². The van der Waals surface area contributed by atoms with E-state index in [0.717, 1.165) is 17.0 Å². The molecule has 0 amide bonds. The summed E-state index contributed by atoms with van der Waals surface area (Å²) in [5, 5.41) is 6.84. The fourth-order valence-corrected chi connectivity index (χ4v) is 3.36. The van der Waals surface area contributed by atoms with E-state index in [1.54, 1.807) is 14.2 Å². The van der Waals surface area contributed by atoms with E-state index in [1.165, 1.54) is 24.8 Å². The maximum absolute atomic E-state index is 5.16. The van der Waals surface area contributed by atoms with Crippen LogP contribution in [-0.4, -0.2) is 39.3 Å². The third-order valence-electron chi connectivity index (χ3n) is 4.37. The number of ether oxygens (including phenoxy) is 1. The molecule has 1 fully saturated rings. The molecule has 1 unspecified atom stereocenters. The van der Waals surface area contributed by atoms with Gasteiger partial charge >= 0.3 is 0 Å². The Hall–Kier alpha value is -0.340. The first-order chi connectivity index (χ1) is 10.6. The number of nitrogens with zero attached hydrogens (tertiary/aromatic N) is 1. The number of hydrogen-bond acceptors (Lipinski definition) is 2. The number of hydrogen-bond donors (Lipinski definition) is 2. The molecule has 2 rings (SSSR count). The van der Waals surface area contributed by atoms with Gasteiger partial charge in [-0.2, -0.15) is 0 Å². The summed E-state index contributed by atoms with van der Waals surface area (Å²) in [5.74, 6) is 0.839. The van der Waals surface area contributed by atoms with Crippen LogP contribution in [0.25, 0.3) is 0 Å². The first-order valence-electron chi connectivity index (χ1n) is 7.82. The van der Waals surface area contributed by atoms with Crippen LogP contribution >= 0.6 is 39.9 Å². The third-order valence-corrected chi connectivity index (χ3v) is 4.86. The smallest absolute Gasteiger partial charge is 0.191 e. The SMILES string of the molecule is CN=C(NCC1(c2cccc(Br)c2)CCC1)NC(C)COC.I. The molecule has 0 heterocycles. The second-order valence-electron chi connectivity index (χ2n) is 6.07. The summed E-state index contributed by atoms with van der Waals surface area (Å²) in [4.78, 5) is 4.31. The van der Waals surface area contributed by atoms with Crippen LogP contribution in [0, 0.1) is 0 Å². The second kappa shape index (κ2) is 9.84. The van der Waals surface area contributed by atoms with Crippen molar-refractivity contribution in [2.45, 2.75) is 37.6 Å². The van der Waals surface area contributed by atoms with Crippen molar-refractivity contribution in [3.05, 3.63) is 34.3 Å². The van der Waals surface area contributed by atoms with Crippen molar-refractivity contribution in [3.8, 4) is 0 Å². The van der Waals surface area contributed by atoms with Gasteiger partial charge in [-0.25, -0.2) is 0 Å². The summed E-state index contributed by atoms with van der Waals surface area (Å²) < 4.78 is 6.30. The number of guanidine groups is 1. The molecule has 4 nitrogen and oxygen atoms in total. The van der Waals surface area contributed by atoms with E-state index in [1.807, 2.05) is 0 Å². The van der Waals surface area contributed by atoms with Crippen LogP contribution in [0.5, 0.6) is 0 Å². The first-order valence-corrected chi connectivity index (χ1v) is 8.61. The minimum Gasteiger partial charge on any atom is -0.383 e. The van der Waals surface area contributed by atoms with Crippen LogP contribution in [-0.2, 0) is 10.2 Å². The molecule has 2 N–H and O–H groups in total. The summed E-state index contributed by atoms with van der Waals surface area (Å²) in [6.07, 6.45) is 3.74. The maximum Gasteiger partial charge on any atom is 0.191 e. The highest BCUT2D eigenvalue weighted by Gasteiger charge is 2.38. The normalized spacial score (nSPS) is 17.7. The van der Waals surface area contributed by atoms with Gasteiger partial charge in [0.2, 0.25) is 0 Å². The fraction of sp³-hybridized carbons (Fsp3) is 0.588. The molecule has 0 radical (unpaired) electrons. The van der Waals surface area contributed by atoms with Crippen LogP contribution in [0.2, 0.25) is 0 Å². The van der Waals surface area contributed by atoms with Gasteiger partial charge in [-0.15, -0.1) is 24.0 Å². The predicted molar refractivity (Wildman–Crippen MR) is 111 cm³/mol. The molecule has 6 heteroatoms. The number of rotatable bonds is 6. The second-order valence-corrected chi connectivity index (χ2v) is 6.99. The van der Waals surface area contributed by atoms with Crippen molar-refractivity contribution in [2.24, 2.45) is 4.99 Å². The first kappa shape index (κ1) is 20.7. The third kappa shape index (κ3) is 5.60. The van der Waals surface area contributed by atoms with Gasteiger partial charge in [0, 0.05) is 36.6 Å². The number of aliphatic imine (C=N–C) groups is 1. The van der Waals surface area contributed by atoms with E-state index in [9.17, 15) is 0 Å². The van der Waals surface area contributed by atoms with Gasteiger partial charge in [0.15, 0.2) is 5.96 Å². The molecule has 0 aromatic heterocycles. The van der Waals surface area contributed by atoms with E-state index in [0.29, 0.717) is 6.61 Å². The Kier molecular flexibility index (Phi) is 8.85. The van der Waals surface area contributed by atoms with Crippen molar-refractivity contribution < 1.29 is 4.74 Å². The highest BCUT2D eigenvalue weighted by molar-refractivity contribution is 14.0. The lowest BCUT2D eigenvalue weighted by molar-refractivity contribution is 0.178. The van der Waals surface area contributed by atoms with Gasteiger partial charge in [0.1, 0.15) is 0 Å². The lowest BCUT2D eigenvalue weighted by Gasteiger charge is -2.43. The topological polar surface area (TPSA) is 45.7 Å². The maximum atomic E-state index is 5.16. The highest BCUT2D eigenvalue weighted by Crippen LogP contribution is 2.43. The van der Waals surface area contributed by atoms with Crippen LogP contribution in [0.4, 0.5) is 0 Å². The molecule has 1 aliphatic carbocycles. The summed E-state index contributed by atoms with van der Waals surface area (Å²) >= 11 is 3.58. The molecule has 1 aromatic carbocycles. The average molecular weight is 496 g/mol. The Bertz CT molecular complexity index is 520. The lowest BCUT2D eigenvalue weighted by Crippen LogP contribution is -2.51. The number of halogens is 2. The molecule has 1 atom stereocenters. The number of benzene rings is 1. The van der Waals surface area contributed by atoms with Crippen molar-refractivity contribution >= 4 is 45.9 Å². The minimum absolute atomic E-state index is 0. The number of methoxy groups -OCH3 is 1. The van der Waals surface area contributed by atoms with E-state index in [-0.39, 0.29) is 35.4 Å². The Labute approximate surface area is 165 Å². The Morgan fingerprint density at radius 2 is 2.17 bits per heavy atom. The van der Waals surface area contributed by atoms with Crippen LogP contribution in [0.1, 0.15) is 31.7 Å². The molecule has 130 valence electrons. The molecule has 0 aliphatic heterocycles. The summed E-state index contributed by atoms with van der Waals surface area (Å²) in [6, 6.07) is 8.91. The summed E-state index contributed by atoms with van der Waals surface area (Å²) in [6.45, 7) is 3.66. The Balaban J connectivity index is 0.00000264. The quantitative estimate of drug-likeness (QED) is 0.359. The molecule has 1 aliphatic rings. The molecule has 1 aromatic rings. The van der Waals surface area contributed by atoms with Crippen molar-refractivity contribution in [1.82, 2.24) is 10.6 Å². The fourth-order valence-electron chi connectivity index (χ4n) is 2.96. The van der Waals surface area contributed by atoms with Crippen molar-refractivity contribution in [2.75, 3.05) is 27.3 Å². The Morgan fingerprint density at radius 1 is 1.43 bits per heavy atom. The number of nitrogens with one attached hydrogen (secondary N) is 2. The summed E-state index contributed by atoms with van der Waals surface area (Å²) in [7, 11) is 3.52. The van der Waals surface area contributed by atoms with Crippen LogP contribution in [0.3, 0.4) is 0 Å². The van der Waals surface area contributed by atoms with Crippen LogP contribution in [0.15, 0.2) is 33.7 Å². The summed E-state index contributed by atoms with van der Waals surface area (Å²) in [5.41, 5.74) is 1.63. The predicted octanol–water partition coefficient (Wildman–Crippen LogP) is 3.69. The molecule has 0 bridgehead atoms. The zero-order valence-corrected chi connectivity index (χ0v) is 18.0. The van der Waals surface area contributed by atoms with Gasteiger partial charge in [-0.3, -0.25) is 4.99 Å². The minimum atomic E-state index is 0. The molecule has 23 heavy (non-hydrogen) atoms. The van der Waals surface area contributed by atoms with E-state index >= 15 is 0 Å². The Morgan fingerprint density at radius 3 is 2.70 bits per heavy atom. The van der Waals surface area contributed by atoms with Gasteiger partial charge in [0.25, 0.3) is 0 Å². The van der Waals surface area contributed by atoms with Crippen LogP contribution < -0.4 is 10.6 Å². The molecule has 0 spiro atoms. The van der Waals surface area contributed by atoms with E-state index in [4.69, 9.17) is 4.74 Å². The van der Waals surface area contributed by atoms with Crippen molar-refractivity contribution in [3.63, 3.8) is 0 Å². The standard InChI is InChI=1S/C17H26BrN3O.HI/c1-13(11-22-3)21-16(19-2)20-12-17(8-5-9-17)14-6-4-7-15(18)10-14;/h4,6-7,10,13H,5,8-9,11-12H2,1-3H3,(H2,19,20,21);1H. The molecule has 1 saturated carbocycles. The van der Waals surface area contributed by atoms with E-state index in [2.05, 4.69) is 62.7 Å². The van der Waals surface area contributed by atoms with Gasteiger partial charge in [-0.05, 0) is 37.5 Å². The monoisotopic (exact) mass is 495 g/mol. The van der Waals surface area contributed by atoms with Gasteiger partial charge in [0.05, 0.1) is 6.61 Å². The zero-order chi connectivity index (χ0) is 16.0. The molecule has 0 saturated heterocycles.